The predicted octanol–water partition coefficient (Wildman–Crippen LogP) is 4.65. The molecule has 0 spiro atoms. The van der Waals surface area contributed by atoms with Crippen molar-refractivity contribution in [2.75, 3.05) is 11.4 Å². The summed E-state index contributed by atoms with van der Waals surface area (Å²) >= 11 is 0. The van der Waals surface area contributed by atoms with E-state index in [0.29, 0.717) is 0 Å². The van der Waals surface area contributed by atoms with Crippen LogP contribution in [0.15, 0.2) is 61.2 Å². The van der Waals surface area contributed by atoms with E-state index in [0.717, 1.165) is 6.54 Å². The van der Waals surface area contributed by atoms with Gasteiger partial charge in [-0.2, -0.15) is 0 Å². The summed E-state index contributed by atoms with van der Waals surface area (Å²) < 4.78 is 0. The number of rotatable bonds is 2. The van der Waals surface area contributed by atoms with Crippen molar-refractivity contribution in [3.8, 4) is 0 Å². The first-order chi connectivity index (χ1) is 9.16. The minimum atomic E-state index is 0.0465. The van der Waals surface area contributed by atoms with Crippen molar-refractivity contribution in [2.24, 2.45) is 0 Å². The van der Waals surface area contributed by atoms with Crippen LogP contribution in [0.2, 0.25) is 0 Å². The lowest BCUT2D eigenvalue weighted by Gasteiger charge is -2.41. The highest BCUT2D eigenvalue weighted by molar-refractivity contribution is 5.77. The highest BCUT2D eigenvalue weighted by Gasteiger charge is 2.35. The van der Waals surface area contributed by atoms with Crippen LogP contribution in [0.1, 0.15) is 25.0 Å². The number of benzene rings is 2. The van der Waals surface area contributed by atoms with E-state index in [1.165, 1.54) is 22.5 Å². The molecule has 0 saturated carbocycles. The zero-order valence-electron chi connectivity index (χ0n) is 11.6. The molecule has 1 aliphatic heterocycles. The summed E-state index contributed by atoms with van der Waals surface area (Å²) in [4.78, 5) is 2.35. The molecule has 1 aliphatic rings. The SMILES string of the molecule is C=CCN1c2ccccc2C(C)(C)c2ccccc21. The maximum atomic E-state index is 3.90. The summed E-state index contributed by atoms with van der Waals surface area (Å²) in [5, 5.41) is 0. The number of nitrogens with zero attached hydrogens (tertiary/aromatic N) is 1. The van der Waals surface area contributed by atoms with E-state index in [1.807, 2.05) is 6.08 Å². The number of hydrogen-bond acceptors (Lipinski definition) is 1. The Labute approximate surface area is 115 Å². The fourth-order valence-corrected chi connectivity index (χ4v) is 3.08. The van der Waals surface area contributed by atoms with Crippen LogP contribution in [0.5, 0.6) is 0 Å². The maximum Gasteiger partial charge on any atom is 0.0455 e. The Bertz CT molecular complexity index is 576. The van der Waals surface area contributed by atoms with Crippen LogP contribution in [-0.4, -0.2) is 6.54 Å². The van der Waals surface area contributed by atoms with Gasteiger partial charge in [-0.3, -0.25) is 0 Å². The molecule has 0 aliphatic carbocycles. The zero-order chi connectivity index (χ0) is 13.5. The molecule has 0 amide bonds. The van der Waals surface area contributed by atoms with Gasteiger partial charge in [0.15, 0.2) is 0 Å². The molecular formula is C18H19N. The summed E-state index contributed by atoms with van der Waals surface area (Å²) in [6.45, 7) is 9.34. The summed E-state index contributed by atoms with van der Waals surface area (Å²) in [6.07, 6.45) is 1.96. The van der Waals surface area contributed by atoms with E-state index >= 15 is 0 Å². The predicted molar refractivity (Wildman–Crippen MR) is 82.2 cm³/mol. The first-order valence-electron chi connectivity index (χ1n) is 6.73. The Morgan fingerprint density at radius 1 is 0.947 bits per heavy atom. The van der Waals surface area contributed by atoms with E-state index in [-0.39, 0.29) is 5.41 Å². The molecule has 0 bridgehead atoms. The van der Waals surface area contributed by atoms with Gasteiger partial charge in [0, 0.05) is 23.3 Å². The van der Waals surface area contributed by atoms with Gasteiger partial charge in [-0.05, 0) is 23.3 Å². The molecule has 2 aromatic rings. The Balaban J connectivity index is 2.30. The summed E-state index contributed by atoms with van der Waals surface area (Å²) in [7, 11) is 0. The van der Waals surface area contributed by atoms with Crippen LogP contribution >= 0.6 is 0 Å². The van der Waals surface area contributed by atoms with E-state index in [1.54, 1.807) is 0 Å². The molecule has 2 aromatic carbocycles. The lowest BCUT2D eigenvalue weighted by atomic mass is 9.74. The quantitative estimate of drug-likeness (QED) is 0.700. The number of anilines is 2. The van der Waals surface area contributed by atoms with E-state index in [2.05, 4.69) is 73.9 Å². The van der Waals surface area contributed by atoms with E-state index in [9.17, 15) is 0 Å². The van der Waals surface area contributed by atoms with Crippen molar-refractivity contribution in [3.05, 3.63) is 72.3 Å². The smallest absolute Gasteiger partial charge is 0.0455 e. The zero-order valence-corrected chi connectivity index (χ0v) is 11.6. The van der Waals surface area contributed by atoms with Gasteiger partial charge in [-0.15, -0.1) is 6.58 Å². The van der Waals surface area contributed by atoms with Gasteiger partial charge in [0.05, 0.1) is 0 Å². The van der Waals surface area contributed by atoms with E-state index in [4.69, 9.17) is 0 Å². The first kappa shape index (κ1) is 12.0. The van der Waals surface area contributed by atoms with E-state index < -0.39 is 0 Å². The van der Waals surface area contributed by atoms with Gasteiger partial charge >= 0.3 is 0 Å². The van der Waals surface area contributed by atoms with Crippen LogP contribution in [0.4, 0.5) is 11.4 Å². The summed E-state index contributed by atoms with van der Waals surface area (Å²) in [6, 6.07) is 17.4. The molecule has 0 unspecified atom stereocenters. The van der Waals surface area contributed by atoms with Crippen LogP contribution in [0.25, 0.3) is 0 Å². The molecule has 0 fully saturated rings. The number of hydrogen-bond donors (Lipinski definition) is 0. The molecule has 0 atom stereocenters. The highest BCUT2D eigenvalue weighted by atomic mass is 15.1. The Kier molecular flexibility index (Phi) is 2.70. The van der Waals surface area contributed by atoms with Crippen LogP contribution in [-0.2, 0) is 5.41 Å². The molecule has 0 radical (unpaired) electrons. The van der Waals surface area contributed by atoms with Gasteiger partial charge in [-0.1, -0.05) is 56.3 Å². The second-order valence-electron chi connectivity index (χ2n) is 5.56. The van der Waals surface area contributed by atoms with Crippen LogP contribution in [0, 0.1) is 0 Å². The molecule has 1 heterocycles. The molecule has 0 N–H and O–H groups in total. The molecule has 1 nitrogen and oxygen atoms in total. The van der Waals surface area contributed by atoms with Crippen molar-refractivity contribution in [3.63, 3.8) is 0 Å². The Hall–Kier alpha value is -2.02. The second kappa shape index (κ2) is 4.27. The largest absolute Gasteiger partial charge is 0.337 e. The fourth-order valence-electron chi connectivity index (χ4n) is 3.08. The Morgan fingerprint density at radius 2 is 1.42 bits per heavy atom. The number of para-hydroxylation sites is 2. The molecule has 0 saturated heterocycles. The van der Waals surface area contributed by atoms with Crippen molar-refractivity contribution >= 4 is 11.4 Å². The molecule has 3 rings (SSSR count). The topological polar surface area (TPSA) is 3.24 Å². The van der Waals surface area contributed by atoms with Gasteiger partial charge in [0.1, 0.15) is 0 Å². The normalized spacial score (nSPS) is 15.6. The lowest BCUT2D eigenvalue weighted by molar-refractivity contribution is 0.627. The fraction of sp³-hybridized carbons (Fsp3) is 0.222. The molecule has 19 heavy (non-hydrogen) atoms. The highest BCUT2D eigenvalue weighted by Crippen LogP contribution is 2.48. The summed E-state index contributed by atoms with van der Waals surface area (Å²) in [5.74, 6) is 0. The summed E-state index contributed by atoms with van der Waals surface area (Å²) in [5.41, 5.74) is 5.41. The molecule has 1 heteroatoms. The monoisotopic (exact) mass is 249 g/mol. The minimum absolute atomic E-state index is 0.0465. The minimum Gasteiger partial charge on any atom is -0.337 e. The maximum absolute atomic E-state index is 3.90. The van der Waals surface area contributed by atoms with Gasteiger partial charge < -0.3 is 4.90 Å². The Morgan fingerprint density at radius 3 is 1.89 bits per heavy atom. The third-order valence-corrected chi connectivity index (χ3v) is 4.05. The first-order valence-corrected chi connectivity index (χ1v) is 6.73. The van der Waals surface area contributed by atoms with Gasteiger partial charge in [0.2, 0.25) is 0 Å². The molecule has 0 aromatic heterocycles. The standard InChI is InChI=1S/C18H19N/c1-4-13-19-16-11-7-5-9-14(16)18(2,3)15-10-6-8-12-17(15)19/h4-12H,1,13H2,2-3H3. The van der Waals surface area contributed by atoms with Gasteiger partial charge in [-0.25, -0.2) is 0 Å². The second-order valence-corrected chi connectivity index (χ2v) is 5.56. The third kappa shape index (κ3) is 1.69. The van der Waals surface area contributed by atoms with Crippen LogP contribution < -0.4 is 4.90 Å². The average Bonchev–Trinajstić information content (AvgIpc) is 2.44. The average molecular weight is 249 g/mol. The van der Waals surface area contributed by atoms with Crippen LogP contribution in [0.3, 0.4) is 0 Å². The molecule has 96 valence electrons. The van der Waals surface area contributed by atoms with Gasteiger partial charge in [0.25, 0.3) is 0 Å². The van der Waals surface area contributed by atoms with Crippen molar-refractivity contribution < 1.29 is 0 Å². The molecular weight excluding hydrogens is 230 g/mol. The number of fused-ring (bicyclic) bond motifs is 2. The van der Waals surface area contributed by atoms with Crippen molar-refractivity contribution in [2.45, 2.75) is 19.3 Å². The van der Waals surface area contributed by atoms with Crippen molar-refractivity contribution in [1.82, 2.24) is 0 Å². The lowest BCUT2D eigenvalue weighted by Crippen LogP contribution is -2.32. The van der Waals surface area contributed by atoms with Crippen molar-refractivity contribution in [1.29, 1.82) is 0 Å². The third-order valence-electron chi connectivity index (χ3n) is 4.05.